The number of hydrogen-bond acceptors (Lipinski definition) is 4. The van der Waals surface area contributed by atoms with Gasteiger partial charge in [-0.3, -0.25) is 4.98 Å². The average molecular weight is 284 g/mol. The lowest BCUT2D eigenvalue weighted by molar-refractivity contribution is 0.0257. The molecule has 0 saturated carbocycles. The highest BCUT2D eigenvalue weighted by Crippen LogP contribution is 2.24. The molecule has 2 aromatic rings. The van der Waals surface area contributed by atoms with Gasteiger partial charge < -0.3 is 15.2 Å². The lowest BCUT2D eigenvalue weighted by Crippen LogP contribution is -2.42. The Kier molecular flexibility index (Phi) is 4.29. The summed E-state index contributed by atoms with van der Waals surface area (Å²) in [6.45, 7) is 1.54. The molecule has 3 rings (SSSR count). The Hall–Kier alpha value is -1.75. The van der Waals surface area contributed by atoms with E-state index in [4.69, 9.17) is 4.74 Å². The third-order valence-corrected chi connectivity index (χ3v) is 3.89. The van der Waals surface area contributed by atoms with Gasteiger partial charge in [-0.25, -0.2) is 0 Å². The Morgan fingerprint density at radius 3 is 2.52 bits per heavy atom. The number of nitrogens with one attached hydrogen (secondary N) is 1. The van der Waals surface area contributed by atoms with E-state index in [0.29, 0.717) is 26.2 Å². The summed E-state index contributed by atoms with van der Waals surface area (Å²) in [5.74, 6) is 0. The summed E-state index contributed by atoms with van der Waals surface area (Å²) < 4.78 is 5.30. The van der Waals surface area contributed by atoms with E-state index < -0.39 is 5.60 Å². The van der Waals surface area contributed by atoms with Crippen LogP contribution < -0.4 is 5.32 Å². The summed E-state index contributed by atoms with van der Waals surface area (Å²) in [6, 6.07) is 14.3. The van der Waals surface area contributed by atoms with Crippen LogP contribution in [0.15, 0.2) is 54.9 Å². The zero-order chi connectivity index (χ0) is 14.5. The van der Waals surface area contributed by atoms with Crippen LogP contribution >= 0.6 is 0 Å². The maximum atomic E-state index is 10.4. The zero-order valence-electron chi connectivity index (χ0n) is 11.9. The van der Waals surface area contributed by atoms with Gasteiger partial charge in [0, 0.05) is 32.0 Å². The molecular formula is C17H20N2O2. The first kappa shape index (κ1) is 14.2. The molecule has 110 valence electrons. The first-order chi connectivity index (χ1) is 10.3. The van der Waals surface area contributed by atoms with E-state index in [1.807, 2.05) is 30.3 Å². The summed E-state index contributed by atoms with van der Waals surface area (Å²) in [5, 5.41) is 13.9. The summed E-state index contributed by atoms with van der Waals surface area (Å²) >= 11 is 0. The predicted octanol–water partition coefficient (Wildman–Crippen LogP) is 1.91. The maximum Gasteiger partial charge on any atom is 0.103 e. The molecule has 2 N–H and O–H groups in total. The van der Waals surface area contributed by atoms with Gasteiger partial charge in [-0.05, 0) is 23.3 Å². The Morgan fingerprint density at radius 2 is 1.86 bits per heavy atom. The van der Waals surface area contributed by atoms with Crippen molar-refractivity contribution in [3.8, 4) is 0 Å². The van der Waals surface area contributed by atoms with Gasteiger partial charge in [0.15, 0.2) is 0 Å². The Morgan fingerprint density at radius 1 is 1.14 bits per heavy atom. The molecule has 2 unspecified atom stereocenters. The largest absolute Gasteiger partial charge is 0.386 e. The fraction of sp³-hybridized carbons (Fsp3) is 0.353. The third-order valence-electron chi connectivity index (χ3n) is 3.89. The fourth-order valence-electron chi connectivity index (χ4n) is 2.66. The van der Waals surface area contributed by atoms with Crippen molar-refractivity contribution in [2.75, 3.05) is 19.8 Å². The number of benzene rings is 1. The molecule has 1 aliphatic rings. The van der Waals surface area contributed by atoms with E-state index in [1.54, 1.807) is 12.4 Å². The second kappa shape index (κ2) is 6.35. The van der Waals surface area contributed by atoms with Crippen LogP contribution in [0.3, 0.4) is 0 Å². The summed E-state index contributed by atoms with van der Waals surface area (Å²) in [5.41, 5.74) is 1.55. The molecule has 0 bridgehead atoms. The van der Waals surface area contributed by atoms with Crippen molar-refractivity contribution in [2.24, 2.45) is 0 Å². The van der Waals surface area contributed by atoms with Crippen molar-refractivity contribution in [1.29, 1.82) is 0 Å². The standard InChI is InChI=1S/C17H20N2O2/c20-17(8-11-21-13-17)12-19-16(14-4-2-1-3-5-14)15-6-9-18-10-7-15/h1-7,9-10,16,19-20H,8,11-13H2. The van der Waals surface area contributed by atoms with Crippen LogP contribution in [-0.2, 0) is 4.74 Å². The quantitative estimate of drug-likeness (QED) is 0.880. The predicted molar refractivity (Wildman–Crippen MR) is 80.9 cm³/mol. The van der Waals surface area contributed by atoms with Gasteiger partial charge in [0.05, 0.1) is 12.6 Å². The van der Waals surface area contributed by atoms with E-state index in [2.05, 4.69) is 22.4 Å². The van der Waals surface area contributed by atoms with E-state index in [1.165, 1.54) is 5.56 Å². The molecular weight excluding hydrogens is 264 g/mol. The molecule has 0 aliphatic carbocycles. The highest BCUT2D eigenvalue weighted by Gasteiger charge is 2.32. The molecule has 0 spiro atoms. The van der Waals surface area contributed by atoms with Crippen LogP contribution in [0.25, 0.3) is 0 Å². The number of rotatable bonds is 5. The molecule has 2 atom stereocenters. The monoisotopic (exact) mass is 284 g/mol. The van der Waals surface area contributed by atoms with Crippen LogP contribution in [0, 0.1) is 0 Å². The molecule has 0 amide bonds. The molecule has 4 heteroatoms. The molecule has 1 fully saturated rings. The van der Waals surface area contributed by atoms with Gasteiger partial charge in [0.25, 0.3) is 0 Å². The van der Waals surface area contributed by atoms with Gasteiger partial charge in [-0.2, -0.15) is 0 Å². The lowest BCUT2D eigenvalue weighted by atomic mass is 9.97. The molecule has 1 aliphatic heterocycles. The van der Waals surface area contributed by atoms with Crippen molar-refractivity contribution in [3.63, 3.8) is 0 Å². The highest BCUT2D eigenvalue weighted by atomic mass is 16.5. The average Bonchev–Trinajstić information content (AvgIpc) is 2.97. The van der Waals surface area contributed by atoms with Crippen molar-refractivity contribution in [2.45, 2.75) is 18.1 Å². The molecule has 0 radical (unpaired) electrons. The summed E-state index contributed by atoms with van der Waals surface area (Å²) in [7, 11) is 0. The second-order valence-electron chi connectivity index (χ2n) is 5.53. The molecule has 1 aromatic heterocycles. The Labute approximate surface area is 124 Å². The Balaban J connectivity index is 1.80. The Bertz CT molecular complexity index is 514. The SMILES string of the molecule is OC1(CNC(c2ccccc2)c2ccncc2)CCOC1. The molecule has 1 saturated heterocycles. The molecule has 21 heavy (non-hydrogen) atoms. The first-order valence-electron chi connectivity index (χ1n) is 7.25. The van der Waals surface area contributed by atoms with E-state index >= 15 is 0 Å². The third kappa shape index (κ3) is 3.47. The number of pyridine rings is 1. The molecule has 4 nitrogen and oxygen atoms in total. The van der Waals surface area contributed by atoms with Crippen LogP contribution in [0.2, 0.25) is 0 Å². The van der Waals surface area contributed by atoms with Crippen molar-refractivity contribution in [3.05, 3.63) is 66.0 Å². The minimum Gasteiger partial charge on any atom is -0.386 e. The topological polar surface area (TPSA) is 54.4 Å². The molecule has 1 aromatic carbocycles. The van der Waals surface area contributed by atoms with Gasteiger partial charge in [-0.15, -0.1) is 0 Å². The minimum atomic E-state index is -0.764. The van der Waals surface area contributed by atoms with Crippen molar-refractivity contribution >= 4 is 0 Å². The van der Waals surface area contributed by atoms with Gasteiger partial charge in [0.1, 0.15) is 5.60 Å². The minimum absolute atomic E-state index is 0.0406. The molecule has 2 heterocycles. The highest BCUT2D eigenvalue weighted by molar-refractivity contribution is 5.30. The van der Waals surface area contributed by atoms with Crippen LogP contribution in [0.1, 0.15) is 23.6 Å². The second-order valence-corrected chi connectivity index (χ2v) is 5.53. The summed E-state index contributed by atoms with van der Waals surface area (Å²) in [4.78, 5) is 4.08. The van der Waals surface area contributed by atoms with Gasteiger partial charge >= 0.3 is 0 Å². The maximum absolute atomic E-state index is 10.4. The van der Waals surface area contributed by atoms with Gasteiger partial charge in [-0.1, -0.05) is 30.3 Å². The number of hydrogen-bond donors (Lipinski definition) is 2. The number of ether oxygens (including phenoxy) is 1. The zero-order valence-corrected chi connectivity index (χ0v) is 11.9. The normalized spacial score (nSPS) is 23.1. The first-order valence-corrected chi connectivity index (χ1v) is 7.25. The smallest absolute Gasteiger partial charge is 0.103 e. The number of nitrogens with zero attached hydrogens (tertiary/aromatic N) is 1. The van der Waals surface area contributed by atoms with Crippen molar-refractivity contribution < 1.29 is 9.84 Å². The summed E-state index contributed by atoms with van der Waals surface area (Å²) in [6.07, 6.45) is 4.26. The van der Waals surface area contributed by atoms with E-state index in [0.717, 1.165) is 5.56 Å². The van der Waals surface area contributed by atoms with Gasteiger partial charge in [0.2, 0.25) is 0 Å². The lowest BCUT2D eigenvalue weighted by Gasteiger charge is -2.26. The van der Waals surface area contributed by atoms with Crippen LogP contribution in [0.5, 0.6) is 0 Å². The van der Waals surface area contributed by atoms with E-state index in [9.17, 15) is 5.11 Å². The number of aliphatic hydroxyl groups is 1. The number of aromatic nitrogens is 1. The van der Waals surface area contributed by atoms with E-state index in [-0.39, 0.29) is 6.04 Å². The van der Waals surface area contributed by atoms with Crippen LogP contribution in [-0.4, -0.2) is 35.5 Å². The van der Waals surface area contributed by atoms with Crippen LogP contribution in [0.4, 0.5) is 0 Å². The fourth-order valence-corrected chi connectivity index (χ4v) is 2.66. The van der Waals surface area contributed by atoms with Crippen molar-refractivity contribution in [1.82, 2.24) is 10.3 Å².